The molecule has 0 saturated heterocycles. The van der Waals surface area contributed by atoms with Crippen LogP contribution in [0.25, 0.3) is 0 Å². The summed E-state index contributed by atoms with van der Waals surface area (Å²) in [7, 11) is 0. The van der Waals surface area contributed by atoms with Crippen LogP contribution in [0.5, 0.6) is 5.75 Å². The molecule has 0 fully saturated rings. The van der Waals surface area contributed by atoms with E-state index in [0.29, 0.717) is 5.56 Å². The lowest BCUT2D eigenvalue weighted by Crippen LogP contribution is -2.23. The third kappa shape index (κ3) is 4.09. The van der Waals surface area contributed by atoms with E-state index in [2.05, 4.69) is 20.6 Å². The molecule has 21 heavy (non-hydrogen) atoms. The Bertz CT molecular complexity index is 696. The van der Waals surface area contributed by atoms with Crippen LogP contribution in [0.4, 0.5) is 5.95 Å². The summed E-state index contributed by atoms with van der Waals surface area (Å²) >= 11 is 0. The Hall–Kier alpha value is -3.30. The number of rotatable bonds is 5. The maximum absolute atomic E-state index is 11.5. The van der Waals surface area contributed by atoms with Crippen LogP contribution in [-0.4, -0.2) is 36.9 Å². The molecule has 0 aliphatic rings. The highest BCUT2D eigenvalue weighted by Gasteiger charge is 2.14. The maximum atomic E-state index is 11.5. The molecule has 0 unspecified atom stereocenters. The molecule has 0 aliphatic carbocycles. The monoisotopic (exact) mass is 290 g/mol. The van der Waals surface area contributed by atoms with Crippen molar-refractivity contribution in [1.82, 2.24) is 20.2 Å². The number of aromatic hydroxyl groups is 1. The third-order valence-corrected chi connectivity index (χ3v) is 2.27. The van der Waals surface area contributed by atoms with Crippen LogP contribution in [0.15, 0.2) is 35.7 Å². The van der Waals surface area contributed by atoms with Crippen LogP contribution in [-0.2, 0) is 11.3 Å². The van der Waals surface area contributed by atoms with Gasteiger partial charge in [0, 0.05) is 5.10 Å². The highest BCUT2D eigenvalue weighted by atomic mass is 16.6. The van der Waals surface area contributed by atoms with Gasteiger partial charge < -0.3 is 15.2 Å². The number of carbonyl (C=O) groups excluding carboxylic acids is 1. The second-order valence-corrected chi connectivity index (χ2v) is 3.89. The van der Waals surface area contributed by atoms with Crippen LogP contribution in [0.3, 0.4) is 0 Å². The molecule has 10 nitrogen and oxygen atoms in total. The lowest BCUT2D eigenvalue weighted by molar-refractivity contribution is -0.394. The van der Waals surface area contributed by atoms with E-state index in [1.54, 1.807) is 12.1 Å². The number of phenolic OH excluding ortho intramolecular Hbond substituents is 1. The van der Waals surface area contributed by atoms with E-state index in [-0.39, 0.29) is 12.3 Å². The van der Waals surface area contributed by atoms with Crippen molar-refractivity contribution in [3.8, 4) is 5.75 Å². The van der Waals surface area contributed by atoms with Crippen molar-refractivity contribution in [2.45, 2.75) is 6.54 Å². The van der Waals surface area contributed by atoms with E-state index in [9.17, 15) is 20.0 Å². The third-order valence-electron chi connectivity index (χ3n) is 2.27. The molecule has 1 aromatic heterocycles. The summed E-state index contributed by atoms with van der Waals surface area (Å²) in [5.74, 6) is -1.02. The zero-order valence-electron chi connectivity index (χ0n) is 10.6. The summed E-state index contributed by atoms with van der Waals surface area (Å²) in [5, 5.41) is 26.8. The summed E-state index contributed by atoms with van der Waals surface area (Å²) in [6, 6.07) is 6.30. The molecule has 108 valence electrons. The van der Waals surface area contributed by atoms with Crippen LogP contribution < -0.4 is 5.43 Å². The minimum absolute atomic E-state index is 0.0835. The maximum Gasteiger partial charge on any atom is 0.490 e. The van der Waals surface area contributed by atoms with Gasteiger partial charge in [0.05, 0.1) is 6.21 Å². The number of phenols is 1. The highest BCUT2D eigenvalue weighted by molar-refractivity contribution is 5.82. The number of nitro groups is 1. The molecule has 0 saturated carbocycles. The van der Waals surface area contributed by atoms with Crippen molar-refractivity contribution in [3.05, 3.63) is 46.3 Å². The molecule has 2 rings (SSSR count). The normalized spacial score (nSPS) is 10.7. The molecule has 1 amide bonds. The number of hydrogen-bond donors (Lipinski definition) is 2. The first kappa shape index (κ1) is 14.1. The molecule has 10 heteroatoms. The molecule has 0 spiro atoms. The van der Waals surface area contributed by atoms with Gasteiger partial charge in [0.2, 0.25) is 6.33 Å². The number of benzene rings is 1. The standard InChI is InChI=1S/C11H10N6O4/c18-9-3-1-2-8(4-9)5-13-14-10(19)6-16-7-12-11(15-16)17(20)21/h1-5,7,18H,6H2,(H,14,19)/b13-5+. The van der Waals surface area contributed by atoms with Crippen molar-refractivity contribution in [3.63, 3.8) is 0 Å². The number of hydrogen-bond acceptors (Lipinski definition) is 7. The number of hydrazone groups is 1. The average Bonchev–Trinajstić information content (AvgIpc) is 2.87. The number of carbonyl (C=O) groups is 1. The molecular weight excluding hydrogens is 280 g/mol. The highest BCUT2D eigenvalue weighted by Crippen LogP contribution is 2.08. The molecule has 0 bridgehead atoms. The van der Waals surface area contributed by atoms with E-state index >= 15 is 0 Å². The fourth-order valence-electron chi connectivity index (χ4n) is 1.41. The number of amides is 1. The number of nitrogens with zero attached hydrogens (tertiary/aromatic N) is 5. The smallest absolute Gasteiger partial charge is 0.490 e. The SMILES string of the molecule is O=C(Cn1cnc([N+](=O)[O-])n1)N/N=C/c1cccc(O)c1. The Labute approximate surface area is 117 Å². The number of aromatic nitrogens is 3. The Morgan fingerprint density at radius 3 is 3.05 bits per heavy atom. The molecule has 2 aromatic rings. The van der Waals surface area contributed by atoms with Crippen molar-refractivity contribution in [1.29, 1.82) is 0 Å². The van der Waals surface area contributed by atoms with E-state index in [1.807, 2.05) is 0 Å². The minimum Gasteiger partial charge on any atom is -0.508 e. The Balaban J connectivity index is 1.88. The fraction of sp³-hybridized carbons (Fsp3) is 0.0909. The van der Waals surface area contributed by atoms with Gasteiger partial charge in [-0.15, -0.1) is 0 Å². The molecule has 2 N–H and O–H groups in total. The summed E-state index contributed by atoms with van der Waals surface area (Å²) in [5.41, 5.74) is 2.83. The van der Waals surface area contributed by atoms with E-state index in [4.69, 9.17) is 0 Å². The van der Waals surface area contributed by atoms with Gasteiger partial charge in [-0.3, -0.25) is 4.79 Å². The predicted molar refractivity (Wildman–Crippen MR) is 70.5 cm³/mol. The van der Waals surface area contributed by atoms with Gasteiger partial charge in [-0.2, -0.15) is 9.78 Å². The first-order valence-corrected chi connectivity index (χ1v) is 5.69. The Morgan fingerprint density at radius 2 is 2.38 bits per heavy atom. The molecule has 0 aliphatic heterocycles. The first-order chi connectivity index (χ1) is 10.0. The number of nitrogens with one attached hydrogen (secondary N) is 1. The molecular formula is C11H10N6O4. The van der Waals surface area contributed by atoms with Gasteiger partial charge in [0.1, 0.15) is 12.3 Å². The first-order valence-electron chi connectivity index (χ1n) is 5.69. The largest absolute Gasteiger partial charge is 0.508 e. The van der Waals surface area contributed by atoms with Gasteiger partial charge in [0.15, 0.2) is 0 Å². The van der Waals surface area contributed by atoms with Crippen LogP contribution in [0, 0.1) is 10.1 Å². The quantitative estimate of drug-likeness (QED) is 0.453. The molecule has 1 heterocycles. The van der Waals surface area contributed by atoms with Crippen molar-refractivity contribution < 1.29 is 14.8 Å². The van der Waals surface area contributed by atoms with Crippen LogP contribution in [0.2, 0.25) is 0 Å². The van der Waals surface area contributed by atoms with Gasteiger partial charge in [-0.25, -0.2) is 5.43 Å². The zero-order chi connectivity index (χ0) is 15.2. The van der Waals surface area contributed by atoms with E-state index < -0.39 is 16.8 Å². The van der Waals surface area contributed by atoms with Crippen LogP contribution in [0.1, 0.15) is 5.56 Å². The lowest BCUT2D eigenvalue weighted by Gasteiger charge is -1.97. The van der Waals surface area contributed by atoms with Gasteiger partial charge >= 0.3 is 5.95 Å². The lowest BCUT2D eigenvalue weighted by atomic mass is 10.2. The van der Waals surface area contributed by atoms with Crippen molar-refractivity contribution in [2.24, 2.45) is 5.10 Å². The van der Waals surface area contributed by atoms with Gasteiger partial charge in [-0.05, 0) is 22.6 Å². The summed E-state index contributed by atoms with van der Waals surface area (Å²) in [6.45, 7) is -0.252. The van der Waals surface area contributed by atoms with E-state index in [1.165, 1.54) is 18.3 Å². The molecule has 0 radical (unpaired) electrons. The average molecular weight is 290 g/mol. The topological polar surface area (TPSA) is 136 Å². The molecule has 0 atom stereocenters. The second kappa shape index (κ2) is 6.23. The second-order valence-electron chi connectivity index (χ2n) is 3.89. The van der Waals surface area contributed by atoms with Gasteiger partial charge in [-0.1, -0.05) is 17.1 Å². The van der Waals surface area contributed by atoms with Crippen molar-refractivity contribution >= 4 is 18.1 Å². The van der Waals surface area contributed by atoms with Crippen LogP contribution >= 0.6 is 0 Å². The Morgan fingerprint density at radius 1 is 1.57 bits per heavy atom. The van der Waals surface area contributed by atoms with E-state index in [0.717, 1.165) is 11.0 Å². The van der Waals surface area contributed by atoms with Gasteiger partial charge in [0.25, 0.3) is 5.91 Å². The fourth-order valence-corrected chi connectivity index (χ4v) is 1.41. The predicted octanol–water partition coefficient (Wildman–Crippen LogP) is 0.0422. The van der Waals surface area contributed by atoms with Crippen molar-refractivity contribution in [2.75, 3.05) is 0 Å². The summed E-state index contributed by atoms with van der Waals surface area (Å²) in [6.07, 6.45) is 2.43. The zero-order valence-corrected chi connectivity index (χ0v) is 10.6. The summed E-state index contributed by atoms with van der Waals surface area (Å²) in [4.78, 5) is 24.6. The Kier molecular flexibility index (Phi) is 4.19. The molecule has 1 aromatic carbocycles. The summed E-state index contributed by atoms with van der Waals surface area (Å²) < 4.78 is 1.03. The minimum atomic E-state index is -0.756.